The van der Waals surface area contributed by atoms with Gasteiger partial charge < -0.3 is 14.5 Å². The highest BCUT2D eigenvalue weighted by Crippen LogP contribution is 2.17. The van der Waals surface area contributed by atoms with E-state index in [4.69, 9.17) is 9.15 Å². The lowest BCUT2D eigenvalue weighted by Crippen LogP contribution is -2.35. The van der Waals surface area contributed by atoms with Crippen LogP contribution in [0, 0.1) is 6.92 Å². The first-order chi connectivity index (χ1) is 12.7. The molecule has 0 bridgehead atoms. The quantitative estimate of drug-likeness (QED) is 0.659. The molecule has 0 saturated heterocycles. The Morgan fingerprint density at radius 2 is 2.00 bits per heavy atom. The molecule has 0 aliphatic carbocycles. The molecular formula is C18H22N2O6S. The highest BCUT2D eigenvalue weighted by Gasteiger charge is 2.22. The van der Waals surface area contributed by atoms with Crippen LogP contribution in [-0.2, 0) is 26.1 Å². The van der Waals surface area contributed by atoms with Gasteiger partial charge in [0.25, 0.3) is 5.91 Å². The number of furan rings is 1. The fourth-order valence-corrected chi connectivity index (χ4v) is 3.34. The van der Waals surface area contributed by atoms with Crippen LogP contribution in [0.3, 0.4) is 0 Å². The van der Waals surface area contributed by atoms with E-state index in [0.29, 0.717) is 11.3 Å². The molecule has 2 N–H and O–H groups in total. The standard InChI is InChI=1S/C18H22N2O6S/c1-4-20-27(23,24)15-8-7-12(2)16(10-15)18(22)26-13(3)17(21)19-11-14-6-5-9-25-14/h5-10,13,20H,4,11H2,1-3H3,(H,19,21). The van der Waals surface area contributed by atoms with Crippen LogP contribution >= 0.6 is 0 Å². The molecule has 0 radical (unpaired) electrons. The molecule has 1 heterocycles. The minimum Gasteiger partial charge on any atom is -0.467 e. The molecule has 0 spiro atoms. The summed E-state index contributed by atoms with van der Waals surface area (Å²) in [7, 11) is -3.71. The van der Waals surface area contributed by atoms with E-state index < -0.39 is 28.0 Å². The molecule has 1 amide bonds. The monoisotopic (exact) mass is 394 g/mol. The minimum atomic E-state index is -3.71. The van der Waals surface area contributed by atoms with Crippen molar-refractivity contribution in [3.8, 4) is 0 Å². The van der Waals surface area contributed by atoms with Crippen molar-refractivity contribution in [3.05, 3.63) is 53.5 Å². The SMILES string of the molecule is CCNS(=O)(=O)c1ccc(C)c(C(=O)OC(C)C(=O)NCc2ccco2)c1. The average Bonchev–Trinajstić information content (AvgIpc) is 3.13. The van der Waals surface area contributed by atoms with Crippen molar-refractivity contribution in [1.82, 2.24) is 10.0 Å². The highest BCUT2D eigenvalue weighted by atomic mass is 32.2. The Morgan fingerprint density at radius 1 is 1.26 bits per heavy atom. The van der Waals surface area contributed by atoms with Gasteiger partial charge in [-0.1, -0.05) is 13.0 Å². The third-order valence-electron chi connectivity index (χ3n) is 3.74. The van der Waals surface area contributed by atoms with Crippen LogP contribution in [-0.4, -0.2) is 32.9 Å². The van der Waals surface area contributed by atoms with E-state index in [2.05, 4.69) is 10.0 Å². The van der Waals surface area contributed by atoms with Gasteiger partial charge in [-0.3, -0.25) is 4.79 Å². The molecule has 0 saturated carbocycles. The lowest BCUT2D eigenvalue weighted by molar-refractivity contribution is -0.129. The van der Waals surface area contributed by atoms with Crippen molar-refractivity contribution < 1.29 is 27.2 Å². The summed E-state index contributed by atoms with van der Waals surface area (Å²) in [6, 6.07) is 7.56. The van der Waals surface area contributed by atoms with Crippen LogP contribution in [0.4, 0.5) is 0 Å². The number of esters is 1. The Bertz CT molecular complexity index is 906. The van der Waals surface area contributed by atoms with Gasteiger partial charge >= 0.3 is 5.97 Å². The van der Waals surface area contributed by atoms with E-state index in [-0.39, 0.29) is 23.5 Å². The molecule has 1 aromatic carbocycles. The van der Waals surface area contributed by atoms with Crippen molar-refractivity contribution in [2.75, 3.05) is 6.54 Å². The zero-order chi connectivity index (χ0) is 20.0. The van der Waals surface area contributed by atoms with Gasteiger partial charge in [-0.2, -0.15) is 0 Å². The molecule has 0 aliphatic heterocycles. The summed E-state index contributed by atoms with van der Waals surface area (Å²) in [4.78, 5) is 24.4. The van der Waals surface area contributed by atoms with E-state index in [1.165, 1.54) is 31.4 Å². The van der Waals surface area contributed by atoms with Crippen LogP contribution in [0.25, 0.3) is 0 Å². The molecule has 2 aromatic rings. The fourth-order valence-electron chi connectivity index (χ4n) is 2.27. The zero-order valence-corrected chi connectivity index (χ0v) is 16.1. The maximum absolute atomic E-state index is 12.4. The van der Waals surface area contributed by atoms with Crippen molar-refractivity contribution in [2.24, 2.45) is 0 Å². The van der Waals surface area contributed by atoms with Crippen molar-refractivity contribution in [3.63, 3.8) is 0 Å². The van der Waals surface area contributed by atoms with E-state index in [1.54, 1.807) is 26.0 Å². The fraction of sp³-hybridized carbons (Fsp3) is 0.333. The molecule has 8 nitrogen and oxygen atoms in total. The number of hydrogen-bond acceptors (Lipinski definition) is 6. The smallest absolute Gasteiger partial charge is 0.339 e. The van der Waals surface area contributed by atoms with Crippen molar-refractivity contribution >= 4 is 21.9 Å². The number of carbonyl (C=O) groups is 2. The molecule has 146 valence electrons. The largest absolute Gasteiger partial charge is 0.467 e. The molecule has 9 heteroatoms. The Hall–Kier alpha value is -2.65. The van der Waals surface area contributed by atoms with Gasteiger partial charge in [0.2, 0.25) is 10.0 Å². The summed E-state index contributed by atoms with van der Waals surface area (Å²) >= 11 is 0. The van der Waals surface area contributed by atoms with Crippen LogP contribution in [0.1, 0.15) is 35.5 Å². The Morgan fingerprint density at radius 3 is 2.63 bits per heavy atom. The summed E-state index contributed by atoms with van der Waals surface area (Å²) in [6.45, 7) is 5.14. The van der Waals surface area contributed by atoms with Gasteiger partial charge in [-0.25, -0.2) is 17.9 Å². The number of sulfonamides is 1. The number of aryl methyl sites for hydroxylation is 1. The van der Waals surface area contributed by atoms with Crippen molar-refractivity contribution in [2.45, 2.75) is 38.3 Å². The van der Waals surface area contributed by atoms with Gasteiger partial charge in [0.15, 0.2) is 6.10 Å². The number of benzene rings is 1. The maximum atomic E-state index is 12.4. The molecule has 0 fully saturated rings. The Labute approximate surface area is 157 Å². The summed E-state index contributed by atoms with van der Waals surface area (Å²) < 4.78 is 36.9. The summed E-state index contributed by atoms with van der Waals surface area (Å²) in [5.74, 6) is -0.699. The molecule has 1 aromatic heterocycles. The molecule has 1 unspecified atom stereocenters. The summed E-state index contributed by atoms with van der Waals surface area (Å²) in [5, 5.41) is 2.59. The van der Waals surface area contributed by atoms with Gasteiger partial charge in [0.1, 0.15) is 5.76 Å². The second kappa shape index (κ2) is 8.83. The van der Waals surface area contributed by atoms with E-state index >= 15 is 0 Å². The first-order valence-electron chi connectivity index (χ1n) is 8.36. The van der Waals surface area contributed by atoms with E-state index in [9.17, 15) is 18.0 Å². The predicted molar refractivity (Wildman–Crippen MR) is 97.5 cm³/mol. The van der Waals surface area contributed by atoms with Gasteiger partial charge in [-0.05, 0) is 43.7 Å². The van der Waals surface area contributed by atoms with E-state index in [0.717, 1.165) is 0 Å². The number of amides is 1. The maximum Gasteiger partial charge on any atom is 0.339 e. The number of rotatable bonds is 8. The third kappa shape index (κ3) is 5.41. The lowest BCUT2D eigenvalue weighted by Gasteiger charge is -2.15. The molecule has 1 atom stereocenters. The van der Waals surface area contributed by atoms with Crippen LogP contribution in [0.2, 0.25) is 0 Å². The second-order valence-electron chi connectivity index (χ2n) is 5.82. The van der Waals surface area contributed by atoms with Crippen LogP contribution in [0.15, 0.2) is 45.9 Å². The Balaban J connectivity index is 2.07. The first-order valence-corrected chi connectivity index (χ1v) is 9.84. The normalized spacial score (nSPS) is 12.4. The number of ether oxygens (including phenoxy) is 1. The molecule has 2 rings (SSSR count). The van der Waals surface area contributed by atoms with Gasteiger partial charge in [-0.15, -0.1) is 0 Å². The minimum absolute atomic E-state index is 0.0446. The highest BCUT2D eigenvalue weighted by molar-refractivity contribution is 7.89. The second-order valence-corrected chi connectivity index (χ2v) is 7.59. The third-order valence-corrected chi connectivity index (χ3v) is 5.29. The predicted octanol–water partition coefficient (Wildman–Crippen LogP) is 1.75. The van der Waals surface area contributed by atoms with Crippen molar-refractivity contribution in [1.29, 1.82) is 0 Å². The van der Waals surface area contributed by atoms with Gasteiger partial charge in [0.05, 0.1) is 23.3 Å². The number of nitrogens with one attached hydrogen (secondary N) is 2. The molecule has 27 heavy (non-hydrogen) atoms. The Kier molecular flexibility index (Phi) is 6.75. The average molecular weight is 394 g/mol. The van der Waals surface area contributed by atoms with Gasteiger partial charge in [0, 0.05) is 6.54 Å². The number of hydrogen-bond donors (Lipinski definition) is 2. The van der Waals surface area contributed by atoms with Crippen LogP contribution < -0.4 is 10.0 Å². The first kappa shape index (κ1) is 20.7. The molecule has 0 aliphatic rings. The zero-order valence-electron chi connectivity index (χ0n) is 15.3. The topological polar surface area (TPSA) is 115 Å². The van der Waals surface area contributed by atoms with E-state index in [1.807, 2.05) is 0 Å². The van der Waals surface area contributed by atoms with Crippen LogP contribution in [0.5, 0.6) is 0 Å². The number of carbonyl (C=O) groups excluding carboxylic acids is 2. The molecular weight excluding hydrogens is 372 g/mol. The summed E-state index contributed by atoms with van der Waals surface area (Å²) in [6.07, 6.45) is 0.434. The summed E-state index contributed by atoms with van der Waals surface area (Å²) in [5.41, 5.74) is 0.623. The lowest BCUT2D eigenvalue weighted by atomic mass is 10.1.